The normalized spacial score (nSPS) is 11.4. The molecule has 0 bridgehead atoms. The molecule has 6 heteroatoms. The molecular formula is C15H17FN2O2S. The molecule has 0 saturated carbocycles. The fourth-order valence-corrected chi connectivity index (χ4v) is 3.44. The highest BCUT2D eigenvalue weighted by Gasteiger charge is 2.19. The molecule has 3 N–H and O–H groups in total. The topological polar surface area (TPSA) is 72.2 Å². The van der Waals surface area contributed by atoms with E-state index in [0.717, 1.165) is 0 Å². The van der Waals surface area contributed by atoms with Crippen molar-refractivity contribution in [1.82, 2.24) is 0 Å². The van der Waals surface area contributed by atoms with Crippen LogP contribution in [0.5, 0.6) is 0 Å². The highest BCUT2D eigenvalue weighted by Crippen LogP contribution is 2.23. The molecule has 0 heterocycles. The SMILES string of the molecule is CCc1ccc(CN)cc1S(=O)(=O)Nc1ccccc1F. The van der Waals surface area contributed by atoms with Crippen molar-refractivity contribution in [3.05, 3.63) is 59.4 Å². The smallest absolute Gasteiger partial charge is 0.262 e. The van der Waals surface area contributed by atoms with Gasteiger partial charge < -0.3 is 5.73 Å². The maximum atomic E-state index is 13.6. The Labute approximate surface area is 123 Å². The Bertz CT molecular complexity index is 745. The number of aryl methyl sites for hydroxylation is 1. The summed E-state index contributed by atoms with van der Waals surface area (Å²) in [6.07, 6.45) is 0.554. The van der Waals surface area contributed by atoms with Crippen LogP contribution < -0.4 is 10.5 Å². The van der Waals surface area contributed by atoms with Crippen LogP contribution in [0.15, 0.2) is 47.4 Å². The number of anilines is 1. The van der Waals surface area contributed by atoms with Crippen molar-refractivity contribution >= 4 is 15.7 Å². The van der Waals surface area contributed by atoms with Gasteiger partial charge in [-0.3, -0.25) is 4.72 Å². The van der Waals surface area contributed by atoms with Crippen LogP contribution in [0.2, 0.25) is 0 Å². The van der Waals surface area contributed by atoms with Crippen molar-refractivity contribution < 1.29 is 12.8 Å². The van der Waals surface area contributed by atoms with Gasteiger partial charge in [0.1, 0.15) is 5.82 Å². The molecule has 4 nitrogen and oxygen atoms in total. The molecule has 21 heavy (non-hydrogen) atoms. The monoisotopic (exact) mass is 308 g/mol. The van der Waals surface area contributed by atoms with Crippen molar-refractivity contribution in [2.24, 2.45) is 5.73 Å². The third kappa shape index (κ3) is 3.40. The van der Waals surface area contributed by atoms with E-state index in [1.54, 1.807) is 18.2 Å². The van der Waals surface area contributed by atoms with E-state index in [4.69, 9.17) is 5.73 Å². The molecule has 2 aromatic carbocycles. The summed E-state index contributed by atoms with van der Waals surface area (Å²) in [6, 6.07) is 10.7. The van der Waals surface area contributed by atoms with E-state index in [2.05, 4.69) is 4.72 Å². The van der Waals surface area contributed by atoms with Gasteiger partial charge in [-0.1, -0.05) is 31.2 Å². The van der Waals surface area contributed by atoms with Gasteiger partial charge in [0, 0.05) is 6.54 Å². The molecular weight excluding hydrogens is 291 g/mol. The minimum Gasteiger partial charge on any atom is -0.326 e. The van der Waals surface area contributed by atoms with E-state index in [1.807, 2.05) is 6.92 Å². The predicted molar refractivity (Wildman–Crippen MR) is 80.9 cm³/mol. The lowest BCUT2D eigenvalue weighted by Crippen LogP contribution is -2.16. The van der Waals surface area contributed by atoms with Crippen LogP contribution in [0.25, 0.3) is 0 Å². The number of rotatable bonds is 5. The van der Waals surface area contributed by atoms with E-state index < -0.39 is 15.8 Å². The summed E-state index contributed by atoms with van der Waals surface area (Å²) in [5.74, 6) is -0.617. The lowest BCUT2D eigenvalue weighted by atomic mass is 10.1. The van der Waals surface area contributed by atoms with Gasteiger partial charge in [-0.05, 0) is 35.7 Å². The fraction of sp³-hybridized carbons (Fsp3) is 0.200. The number of nitrogens with one attached hydrogen (secondary N) is 1. The zero-order valence-corrected chi connectivity index (χ0v) is 12.5. The quantitative estimate of drug-likeness (QED) is 0.892. The number of sulfonamides is 1. The molecule has 2 rings (SSSR count). The molecule has 0 saturated heterocycles. The maximum absolute atomic E-state index is 13.6. The Morgan fingerprint density at radius 3 is 2.52 bits per heavy atom. The van der Waals surface area contributed by atoms with Crippen LogP contribution >= 0.6 is 0 Å². The van der Waals surface area contributed by atoms with Gasteiger partial charge in [-0.25, -0.2) is 12.8 Å². The number of hydrogen-bond acceptors (Lipinski definition) is 3. The second-order valence-corrected chi connectivity index (χ2v) is 6.24. The Morgan fingerprint density at radius 1 is 1.19 bits per heavy atom. The average molecular weight is 308 g/mol. The molecule has 0 fully saturated rings. The van der Waals surface area contributed by atoms with Crippen LogP contribution in [0.3, 0.4) is 0 Å². The molecule has 0 aliphatic carbocycles. The Morgan fingerprint density at radius 2 is 1.90 bits per heavy atom. The van der Waals surface area contributed by atoms with Crippen molar-refractivity contribution in [1.29, 1.82) is 0 Å². The third-order valence-corrected chi connectivity index (χ3v) is 4.60. The van der Waals surface area contributed by atoms with Crippen LogP contribution in [0.1, 0.15) is 18.1 Å². The van der Waals surface area contributed by atoms with Crippen LogP contribution in [-0.2, 0) is 23.0 Å². The van der Waals surface area contributed by atoms with Crippen molar-refractivity contribution in [2.45, 2.75) is 24.8 Å². The van der Waals surface area contributed by atoms with Crippen molar-refractivity contribution in [3.8, 4) is 0 Å². The molecule has 0 radical (unpaired) electrons. The Hall–Kier alpha value is -1.92. The molecule has 112 valence electrons. The molecule has 0 atom stereocenters. The van der Waals surface area contributed by atoms with Gasteiger partial charge in [0.15, 0.2) is 0 Å². The summed E-state index contributed by atoms with van der Waals surface area (Å²) < 4.78 is 40.9. The van der Waals surface area contributed by atoms with E-state index in [1.165, 1.54) is 24.3 Å². The largest absolute Gasteiger partial charge is 0.326 e. The summed E-state index contributed by atoms with van der Waals surface area (Å²) in [6.45, 7) is 2.10. The Kier molecular flexibility index (Phi) is 4.59. The number of benzene rings is 2. The summed E-state index contributed by atoms with van der Waals surface area (Å²) in [5.41, 5.74) is 6.86. The number of halogens is 1. The Balaban J connectivity index is 2.46. The highest BCUT2D eigenvalue weighted by molar-refractivity contribution is 7.92. The number of nitrogens with two attached hydrogens (primary N) is 1. The van der Waals surface area contributed by atoms with Crippen molar-refractivity contribution in [3.63, 3.8) is 0 Å². The summed E-state index contributed by atoms with van der Waals surface area (Å²) in [4.78, 5) is 0.135. The predicted octanol–water partition coefficient (Wildman–Crippen LogP) is 2.65. The van der Waals surface area contributed by atoms with E-state index in [9.17, 15) is 12.8 Å². The summed E-state index contributed by atoms with van der Waals surface area (Å²) >= 11 is 0. The van der Waals surface area contributed by atoms with Gasteiger partial charge in [-0.2, -0.15) is 0 Å². The number of para-hydroxylation sites is 1. The molecule has 0 aromatic heterocycles. The second kappa shape index (κ2) is 6.24. The van der Waals surface area contributed by atoms with E-state index in [-0.39, 0.29) is 17.1 Å². The lowest BCUT2D eigenvalue weighted by molar-refractivity contribution is 0.597. The number of hydrogen-bond donors (Lipinski definition) is 2. The molecule has 0 unspecified atom stereocenters. The van der Waals surface area contributed by atoms with Gasteiger partial charge in [0.2, 0.25) is 0 Å². The van der Waals surface area contributed by atoms with Crippen LogP contribution in [0.4, 0.5) is 10.1 Å². The summed E-state index contributed by atoms with van der Waals surface area (Å²) in [7, 11) is -3.86. The first kappa shape index (κ1) is 15.5. The first-order valence-electron chi connectivity index (χ1n) is 6.57. The lowest BCUT2D eigenvalue weighted by Gasteiger charge is -2.13. The van der Waals surface area contributed by atoms with Gasteiger partial charge in [-0.15, -0.1) is 0 Å². The average Bonchev–Trinajstić information content (AvgIpc) is 2.48. The van der Waals surface area contributed by atoms with Crippen LogP contribution in [-0.4, -0.2) is 8.42 Å². The van der Waals surface area contributed by atoms with Crippen LogP contribution in [0, 0.1) is 5.82 Å². The molecule has 2 aromatic rings. The maximum Gasteiger partial charge on any atom is 0.262 e. The second-order valence-electron chi connectivity index (χ2n) is 4.59. The van der Waals surface area contributed by atoms with Gasteiger partial charge in [0.25, 0.3) is 10.0 Å². The zero-order chi connectivity index (χ0) is 15.5. The molecule has 0 amide bonds. The fourth-order valence-electron chi connectivity index (χ4n) is 2.01. The molecule has 0 aliphatic rings. The van der Waals surface area contributed by atoms with Gasteiger partial charge >= 0.3 is 0 Å². The minimum atomic E-state index is -3.86. The first-order chi connectivity index (χ1) is 9.97. The van der Waals surface area contributed by atoms with E-state index >= 15 is 0 Å². The summed E-state index contributed by atoms with van der Waals surface area (Å²) in [5, 5.41) is 0. The minimum absolute atomic E-state index is 0.0716. The van der Waals surface area contributed by atoms with Crippen molar-refractivity contribution in [2.75, 3.05) is 4.72 Å². The third-order valence-electron chi connectivity index (χ3n) is 3.16. The van der Waals surface area contributed by atoms with E-state index in [0.29, 0.717) is 17.5 Å². The molecule has 0 aliphatic heterocycles. The van der Waals surface area contributed by atoms with Gasteiger partial charge in [0.05, 0.1) is 10.6 Å². The zero-order valence-electron chi connectivity index (χ0n) is 11.6. The highest BCUT2D eigenvalue weighted by atomic mass is 32.2. The standard InChI is InChI=1S/C15H17FN2O2S/c1-2-12-8-7-11(10-17)9-15(12)21(19,20)18-14-6-4-3-5-13(14)16/h3-9,18H,2,10,17H2,1H3. The first-order valence-corrected chi connectivity index (χ1v) is 8.05. The molecule has 0 spiro atoms.